The van der Waals surface area contributed by atoms with Crippen LogP contribution in [0.2, 0.25) is 5.02 Å². The van der Waals surface area contributed by atoms with Gasteiger partial charge in [0.15, 0.2) is 5.75 Å². The predicted octanol–water partition coefficient (Wildman–Crippen LogP) is 6.12. The summed E-state index contributed by atoms with van der Waals surface area (Å²) in [6.45, 7) is -0.0637. The molecule has 0 aromatic heterocycles. The largest absolute Gasteiger partial charge is 0.489 e. The van der Waals surface area contributed by atoms with Crippen molar-refractivity contribution in [3.63, 3.8) is 0 Å². The molecule has 0 saturated heterocycles. The van der Waals surface area contributed by atoms with Gasteiger partial charge in [-0.15, -0.1) is 0 Å². The number of benzene rings is 4. The smallest absolute Gasteiger partial charge is 0.245 e. The summed E-state index contributed by atoms with van der Waals surface area (Å²) >= 11 is 6.13. The van der Waals surface area contributed by atoms with Crippen LogP contribution in [0, 0.1) is 0 Å². The average Bonchev–Trinajstić information content (AvgIpc) is 2.89. The molecular weight excluding hydrogens is 512 g/mol. The van der Waals surface area contributed by atoms with E-state index in [9.17, 15) is 13.2 Å². The van der Waals surface area contributed by atoms with Crippen molar-refractivity contribution >= 4 is 38.9 Å². The molecule has 0 bridgehead atoms. The van der Waals surface area contributed by atoms with Crippen LogP contribution in [0.3, 0.4) is 0 Å². The summed E-state index contributed by atoms with van der Waals surface area (Å²) in [5, 5.41) is 3.11. The Balaban J connectivity index is 1.46. The van der Waals surface area contributed by atoms with Gasteiger partial charge in [-0.2, -0.15) is 0 Å². The standard InChI is InChI=1S/C28H25ClN2O5S/c1-37(33,34)31(23-13-15-24(16-14-23)35-20-21-8-4-2-5-9-21)19-28(32)30-26-18-22(29)12-17-27(26)36-25-10-6-3-7-11-25/h2-18H,19-20H2,1H3,(H,30,32). The van der Waals surface area contributed by atoms with Crippen molar-refractivity contribution in [2.75, 3.05) is 22.4 Å². The first-order valence-electron chi connectivity index (χ1n) is 11.3. The average molecular weight is 537 g/mol. The van der Waals surface area contributed by atoms with Gasteiger partial charge in [-0.25, -0.2) is 8.42 Å². The van der Waals surface area contributed by atoms with Crippen LogP contribution in [0.5, 0.6) is 17.2 Å². The molecule has 0 atom stereocenters. The van der Waals surface area contributed by atoms with Crippen LogP contribution in [0.4, 0.5) is 11.4 Å². The molecule has 7 nitrogen and oxygen atoms in total. The number of rotatable bonds is 10. The fraction of sp³-hybridized carbons (Fsp3) is 0.107. The molecule has 0 unspecified atom stereocenters. The first kappa shape index (κ1) is 26.1. The highest BCUT2D eigenvalue weighted by Gasteiger charge is 2.22. The summed E-state index contributed by atoms with van der Waals surface area (Å²) in [7, 11) is -3.77. The maximum Gasteiger partial charge on any atom is 0.245 e. The second-order valence-corrected chi connectivity index (χ2v) is 10.5. The van der Waals surface area contributed by atoms with Crippen molar-refractivity contribution in [2.24, 2.45) is 0 Å². The lowest BCUT2D eigenvalue weighted by atomic mass is 10.2. The normalized spacial score (nSPS) is 11.0. The SMILES string of the molecule is CS(=O)(=O)N(CC(=O)Nc1cc(Cl)ccc1Oc1ccccc1)c1ccc(OCc2ccccc2)cc1. The third kappa shape index (κ3) is 7.49. The zero-order valence-electron chi connectivity index (χ0n) is 20.0. The van der Waals surface area contributed by atoms with E-state index < -0.39 is 22.5 Å². The summed E-state index contributed by atoms with van der Waals surface area (Å²) < 4.78 is 37.8. The Morgan fingerprint density at radius 3 is 2.16 bits per heavy atom. The summed E-state index contributed by atoms with van der Waals surface area (Å²) in [6.07, 6.45) is 1.05. The van der Waals surface area contributed by atoms with E-state index in [1.165, 1.54) is 0 Å². The molecule has 0 saturated carbocycles. The minimum absolute atomic E-state index is 0.319. The van der Waals surface area contributed by atoms with Crippen molar-refractivity contribution < 1.29 is 22.7 Å². The number of nitrogens with zero attached hydrogens (tertiary/aromatic N) is 1. The molecule has 4 aromatic rings. The lowest BCUT2D eigenvalue weighted by Gasteiger charge is -2.22. The van der Waals surface area contributed by atoms with Crippen LogP contribution in [-0.4, -0.2) is 27.1 Å². The van der Waals surface area contributed by atoms with Gasteiger partial charge in [-0.3, -0.25) is 9.10 Å². The molecule has 0 aliphatic heterocycles. The molecule has 37 heavy (non-hydrogen) atoms. The fourth-order valence-corrected chi connectivity index (χ4v) is 4.50. The van der Waals surface area contributed by atoms with Crippen molar-refractivity contribution in [1.82, 2.24) is 0 Å². The van der Waals surface area contributed by atoms with Gasteiger partial charge in [0.1, 0.15) is 24.7 Å². The Kier molecular flexibility index (Phi) is 8.32. The number of hydrogen-bond acceptors (Lipinski definition) is 5. The van der Waals surface area contributed by atoms with E-state index in [1.807, 2.05) is 48.5 Å². The van der Waals surface area contributed by atoms with E-state index in [0.717, 1.165) is 16.1 Å². The molecule has 0 heterocycles. The van der Waals surface area contributed by atoms with Crippen molar-refractivity contribution in [1.29, 1.82) is 0 Å². The van der Waals surface area contributed by atoms with Crippen LogP contribution in [0.25, 0.3) is 0 Å². The minimum Gasteiger partial charge on any atom is -0.489 e. The first-order valence-corrected chi connectivity index (χ1v) is 13.6. The van der Waals surface area contributed by atoms with Crippen LogP contribution in [0.15, 0.2) is 103 Å². The van der Waals surface area contributed by atoms with E-state index in [2.05, 4.69) is 5.32 Å². The highest BCUT2D eigenvalue weighted by atomic mass is 35.5. The highest BCUT2D eigenvalue weighted by molar-refractivity contribution is 7.92. The molecule has 1 amide bonds. The Morgan fingerprint density at radius 2 is 1.51 bits per heavy atom. The van der Waals surface area contributed by atoms with Gasteiger partial charge >= 0.3 is 0 Å². The quantitative estimate of drug-likeness (QED) is 0.264. The zero-order valence-corrected chi connectivity index (χ0v) is 21.6. The fourth-order valence-electron chi connectivity index (χ4n) is 3.47. The minimum atomic E-state index is -3.77. The molecule has 0 radical (unpaired) electrons. The van der Waals surface area contributed by atoms with E-state index >= 15 is 0 Å². The van der Waals surface area contributed by atoms with Gasteiger partial charge in [0.25, 0.3) is 0 Å². The number of halogens is 1. The summed E-state index contributed by atoms with van der Waals surface area (Å²) in [5.41, 5.74) is 1.66. The Labute approximate surface area is 221 Å². The molecule has 1 N–H and O–H groups in total. The number of anilines is 2. The third-order valence-electron chi connectivity index (χ3n) is 5.25. The van der Waals surface area contributed by atoms with Gasteiger partial charge in [0, 0.05) is 5.02 Å². The number of sulfonamides is 1. The lowest BCUT2D eigenvalue weighted by molar-refractivity contribution is -0.114. The number of amides is 1. The molecule has 190 valence electrons. The Morgan fingerprint density at radius 1 is 0.865 bits per heavy atom. The second-order valence-electron chi connectivity index (χ2n) is 8.14. The molecule has 9 heteroatoms. The Hall–Kier alpha value is -4.01. The summed E-state index contributed by atoms with van der Waals surface area (Å²) in [6, 6.07) is 30.1. The van der Waals surface area contributed by atoms with Crippen LogP contribution in [0.1, 0.15) is 5.56 Å². The van der Waals surface area contributed by atoms with Gasteiger partial charge in [0.05, 0.1) is 17.6 Å². The maximum absolute atomic E-state index is 12.9. The monoisotopic (exact) mass is 536 g/mol. The molecular formula is C28H25ClN2O5S. The van der Waals surface area contributed by atoms with Crippen LogP contribution < -0.4 is 19.1 Å². The molecule has 4 aromatic carbocycles. The number of para-hydroxylation sites is 1. The van der Waals surface area contributed by atoms with E-state index in [-0.39, 0.29) is 0 Å². The van der Waals surface area contributed by atoms with Crippen molar-refractivity contribution in [2.45, 2.75) is 6.61 Å². The number of carbonyl (C=O) groups is 1. The molecule has 0 aliphatic rings. The third-order valence-corrected chi connectivity index (χ3v) is 6.62. The zero-order chi connectivity index (χ0) is 26.3. The summed E-state index contributed by atoms with van der Waals surface area (Å²) in [4.78, 5) is 12.9. The van der Waals surface area contributed by atoms with E-state index in [4.69, 9.17) is 21.1 Å². The van der Waals surface area contributed by atoms with E-state index in [1.54, 1.807) is 54.6 Å². The summed E-state index contributed by atoms with van der Waals surface area (Å²) in [5.74, 6) is 0.963. The van der Waals surface area contributed by atoms with Crippen molar-refractivity contribution in [3.05, 3.63) is 114 Å². The molecule has 4 rings (SSSR count). The van der Waals surface area contributed by atoms with Gasteiger partial charge in [-0.05, 0) is 60.2 Å². The Bertz CT molecular complexity index is 1450. The molecule has 0 aliphatic carbocycles. The molecule has 0 fully saturated rings. The van der Waals surface area contributed by atoms with Crippen LogP contribution >= 0.6 is 11.6 Å². The topological polar surface area (TPSA) is 84.9 Å². The van der Waals surface area contributed by atoms with Gasteiger partial charge in [0.2, 0.25) is 15.9 Å². The van der Waals surface area contributed by atoms with Gasteiger partial charge < -0.3 is 14.8 Å². The van der Waals surface area contributed by atoms with E-state index in [0.29, 0.717) is 40.3 Å². The molecule has 0 spiro atoms. The highest BCUT2D eigenvalue weighted by Crippen LogP contribution is 2.32. The van der Waals surface area contributed by atoms with Crippen LogP contribution in [-0.2, 0) is 21.4 Å². The number of hydrogen-bond donors (Lipinski definition) is 1. The predicted molar refractivity (Wildman–Crippen MR) is 146 cm³/mol. The van der Waals surface area contributed by atoms with Gasteiger partial charge in [-0.1, -0.05) is 60.1 Å². The lowest BCUT2D eigenvalue weighted by Crippen LogP contribution is -2.37. The maximum atomic E-state index is 12.9. The second kappa shape index (κ2) is 11.8. The number of nitrogens with one attached hydrogen (secondary N) is 1. The number of ether oxygens (including phenoxy) is 2. The van der Waals surface area contributed by atoms with Crippen molar-refractivity contribution in [3.8, 4) is 17.2 Å². The first-order chi connectivity index (χ1) is 17.8. The number of carbonyl (C=O) groups excluding carboxylic acids is 1.